The molecule has 0 saturated carbocycles. The largest absolute Gasteiger partial charge is 0.481 e. The van der Waals surface area contributed by atoms with E-state index in [9.17, 15) is 20.1 Å². The molecule has 0 amide bonds. The fourth-order valence-corrected chi connectivity index (χ4v) is 3.14. The molecule has 0 spiro atoms. The molecule has 7 nitrogen and oxygen atoms in total. The van der Waals surface area contributed by atoms with E-state index in [0.717, 1.165) is 12.8 Å². The van der Waals surface area contributed by atoms with Crippen LogP contribution in [0.15, 0.2) is 0 Å². The molecule has 1 aliphatic heterocycles. The van der Waals surface area contributed by atoms with Gasteiger partial charge in [-0.15, -0.1) is 11.8 Å². The topological polar surface area (TPSA) is 127 Å². The Balaban J connectivity index is 2.26. The summed E-state index contributed by atoms with van der Waals surface area (Å²) in [5.74, 6) is -0.172. The Morgan fingerprint density at radius 3 is 2.35 bits per heavy atom. The van der Waals surface area contributed by atoms with E-state index in [1.807, 2.05) is 0 Å². The molecule has 5 atom stereocenters. The lowest BCUT2D eigenvalue weighted by atomic mass is 10.0. The number of ether oxygens (including phenoxy) is 1. The highest BCUT2D eigenvalue weighted by Gasteiger charge is 2.43. The smallest absolute Gasteiger partial charge is 0.303 e. The summed E-state index contributed by atoms with van der Waals surface area (Å²) in [4.78, 5) is 10.3. The van der Waals surface area contributed by atoms with Gasteiger partial charge in [-0.2, -0.15) is 0 Å². The monoisotopic (exact) mass is 310 g/mol. The van der Waals surface area contributed by atoms with E-state index in [-0.39, 0.29) is 6.42 Å². The number of aliphatic hydroxyl groups is 4. The average molecular weight is 310 g/mol. The van der Waals surface area contributed by atoms with Crippen LogP contribution in [0.3, 0.4) is 0 Å². The molecule has 0 aromatic carbocycles. The third-order valence-corrected chi connectivity index (χ3v) is 4.41. The molecular weight excluding hydrogens is 288 g/mol. The first-order valence-corrected chi connectivity index (χ1v) is 7.66. The molecule has 0 bridgehead atoms. The molecule has 1 saturated heterocycles. The lowest BCUT2D eigenvalue weighted by Crippen LogP contribution is -2.57. The molecule has 1 aliphatic rings. The normalized spacial score (nSPS) is 34.1. The van der Waals surface area contributed by atoms with Crippen LogP contribution in [-0.4, -0.2) is 73.7 Å². The molecule has 8 heteroatoms. The maximum Gasteiger partial charge on any atom is 0.303 e. The average Bonchev–Trinajstić information content (AvgIpc) is 2.42. The maximum absolute atomic E-state index is 10.3. The van der Waals surface area contributed by atoms with Gasteiger partial charge in [0.2, 0.25) is 0 Å². The second-order valence-corrected chi connectivity index (χ2v) is 5.98. The minimum absolute atomic E-state index is 0.144. The first kappa shape index (κ1) is 17.7. The SMILES string of the molecule is O=C(O)CCCCCS[C@H]1O[C@H](CO)[C@@H](O)[C@H](O)[C@@H]1O. The molecule has 0 aromatic heterocycles. The van der Waals surface area contributed by atoms with Gasteiger partial charge in [0, 0.05) is 6.42 Å². The lowest BCUT2D eigenvalue weighted by Gasteiger charge is -2.39. The molecule has 0 radical (unpaired) electrons. The van der Waals surface area contributed by atoms with Crippen LogP contribution in [0.1, 0.15) is 25.7 Å². The van der Waals surface area contributed by atoms with Crippen LogP contribution in [0, 0.1) is 0 Å². The van der Waals surface area contributed by atoms with E-state index in [0.29, 0.717) is 12.2 Å². The first-order chi connectivity index (χ1) is 9.47. The Hall–Kier alpha value is -0.380. The van der Waals surface area contributed by atoms with E-state index >= 15 is 0 Å². The highest BCUT2D eigenvalue weighted by molar-refractivity contribution is 7.99. The van der Waals surface area contributed by atoms with Gasteiger partial charge in [0.25, 0.3) is 0 Å². The van der Waals surface area contributed by atoms with Crippen LogP contribution in [0.25, 0.3) is 0 Å². The van der Waals surface area contributed by atoms with Gasteiger partial charge >= 0.3 is 5.97 Å². The summed E-state index contributed by atoms with van der Waals surface area (Å²) < 4.78 is 5.33. The Bertz CT molecular complexity index is 300. The molecule has 1 rings (SSSR count). The van der Waals surface area contributed by atoms with Crippen molar-refractivity contribution in [2.45, 2.75) is 55.5 Å². The Morgan fingerprint density at radius 1 is 1.05 bits per heavy atom. The fourth-order valence-electron chi connectivity index (χ4n) is 1.96. The van der Waals surface area contributed by atoms with Crippen molar-refractivity contribution in [3.05, 3.63) is 0 Å². The fraction of sp³-hybridized carbons (Fsp3) is 0.917. The highest BCUT2D eigenvalue weighted by atomic mass is 32.2. The number of hydrogen-bond donors (Lipinski definition) is 5. The molecule has 118 valence electrons. The third kappa shape index (κ3) is 5.19. The Morgan fingerprint density at radius 2 is 1.75 bits per heavy atom. The minimum Gasteiger partial charge on any atom is -0.481 e. The van der Waals surface area contributed by atoms with Crippen LogP contribution in [0.2, 0.25) is 0 Å². The highest BCUT2D eigenvalue weighted by Crippen LogP contribution is 2.29. The summed E-state index contributed by atoms with van der Waals surface area (Å²) in [5.41, 5.74) is -0.704. The summed E-state index contributed by atoms with van der Waals surface area (Å²) in [6, 6.07) is 0. The second-order valence-electron chi connectivity index (χ2n) is 4.77. The summed E-state index contributed by atoms with van der Waals surface area (Å²) in [6.07, 6.45) is -2.48. The number of rotatable bonds is 8. The zero-order valence-electron chi connectivity index (χ0n) is 11.1. The summed E-state index contributed by atoms with van der Waals surface area (Å²) in [7, 11) is 0. The minimum atomic E-state index is -1.34. The predicted molar refractivity (Wildman–Crippen MR) is 72.3 cm³/mol. The van der Waals surface area contributed by atoms with Crippen molar-refractivity contribution in [3.63, 3.8) is 0 Å². The zero-order valence-corrected chi connectivity index (χ0v) is 11.9. The Labute approximate surface area is 121 Å². The van der Waals surface area contributed by atoms with Crippen LogP contribution in [-0.2, 0) is 9.53 Å². The van der Waals surface area contributed by atoms with Gasteiger partial charge in [0.05, 0.1) is 6.61 Å². The summed E-state index contributed by atoms with van der Waals surface area (Å²) in [6.45, 7) is -0.430. The molecule has 1 heterocycles. The number of aliphatic hydroxyl groups excluding tert-OH is 4. The zero-order chi connectivity index (χ0) is 15.1. The molecule has 0 aliphatic carbocycles. The molecule has 5 N–H and O–H groups in total. The van der Waals surface area contributed by atoms with Gasteiger partial charge in [-0.1, -0.05) is 6.42 Å². The molecule has 0 aromatic rings. The lowest BCUT2D eigenvalue weighted by molar-refractivity contribution is -0.205. The number of aliphatic carboxylic acids is 1. The number of carbonyl (C=O) groups is 1. The second kappa shape index (κ2) is 8.81. The van der Waals surface area contributed by atoms with Crippen LogP contribution in [0.5, 0.6) is 0 Å². The van der Waals surface area contributed by atoms with Crippen molar-refractivity contribution < 1.29 is 35.1 Å². The summed E-state index contributed by atoms with van der Waals surface area (Å²) in [5, 5.41) is 46.5. The van der Waals surface area contributed by atoms with Crippen molar-refractivity contribution in [3.8, 4) is 0 Å². The number of thioether (sulfide) groups is 1. The van der Waals surface area contributed by atoms with Gasteiger partial charge in [-0.3, -0.25) is 4.79 Å². The van der Waals surface area contributed by atoms with Gasteiger partial charge in [-0.25, -0.2) is 0 Å². The van der Waals surface area contributed by atoms with E-state index in [1.54, 1.807) is 0 Å². The van der Waals surface area contributed by atoms with E-state index < -0.39 is 42.4 Å². The van der Waals surface area contributed by atoms with Crippen molar-refractivity contribution in [1.82, 2.24) is 0 Å². The molecule has 1 fully saturated rings. The summed E-state index contributed by atoms with van der Waals surface area (Å²) >= 11 is 1.29. The van der Waals surface area contributed by atoms with Gasteiger partial charge in [0.15, 0.2) is 0 Å². The number of carboxylic acids is 1. The maximum atomic E-state index is 10.3. The van der Waals surface area contributed by atoms with E-state index in [4.69, 9.17) is 14.9 Å². The molecule has 20 heavy (non-hydrogen) atoms. The molecule has 0 unspecified atom stereocenters. The number of unbranched alkanes of at least 4 members (excludes halogenated alkanes) is 2. The van der Waals surface area contributed by atoms with Crippen LogP contribution >= 0.6 is 11.8 Å². The van der Waals surface area contributed by atoms with Gasteiger partial charge in [0.1, 0.15) is 29.9 Å². The van der Waals surface area contributed by atoms with Crippen molar-refractivity contribution in [1.29, 1.82) is 0 Å². The van der Waals surface area contributed by atoms with Gasteiger partial charge in [-0.05, 0) is 18.6 Å². The Kier molecular flexibility index (Phi) is 7.78. The standard InChI is InChI=1S/C12H22O7S/c13-6-7-9(16)10(17)11(18)12(19-7)20-5-3-1-2-4-8(14)15/h7,9-13,16-18H,1-6H2,(H,14,15)/t7-,9-,10+,11+,12-/m1/s1. The van der Waals surface area contributed by atoms with Crippen molar-refractivity contribution >= 4 is 17.7 Å². The van der Waals surface area contributed by atoms with Crippen molar-refractivity contribution in [2.24, 2.45) is 0 Å². The number of carboxylic acid groups (broad SMARTS) is 1. The van der Waals surface area contributed by atoms with Crippen LogP contribution in [0.4, 0.5) is 0 Å². The van der Waals surface area contributed by atoms with Crippen LogP contribution < -0.4 is 0 Å². The quantitative estimate of drug-likeness (QED) is 0.367. The number of hydrogen-bond acceptors (Lipinski definition) is 7. The van der Waals surface area contributed by atoms with E-state index in [1.165, 1.54) is 11.8 Å². The van der Waals surface area contributed by atoms with Gasteiger partial charge < -0.3 is 30.3 Å². The first-order valence-electron chi connectivity index (χ1n) is 6.61. The van der Waals surface area contributed by atoms with Crippen molar-refractivity contribution in [2.75, 3.05) is 12.4 Å². The van der Waals surface area contributed by atoms with E-state index in [2.05, 4.69) is 0 Å². The molecular formula is C12H22O7S. The predicted octanol–water partition coefficient (Wildman–Crippen LogP) is -0.836. The third-order valence-electron chi connectivity index (χ3n) is 3.17.